The van der Waals surface area contributed by atoms with E-state index in [1.54, 1.807) is 7.11 Å². The summed E-state index contributed by atoms with van der Waals surface area (Å²) in [7, 11) is 1.68. The van der Waals surface area contributed by atoms with Gasteiger partial charge in [0.15, 0.2) is 5.90 Å². The molecule has 0 aliphatic carbocycles. The van der Waals surface area contributed by atoms with Gasteiger partial charge in [0, 0.05) is 12.5 Å². The summed E-state index contributed by atoms with van der Waals surface area (Å²) < 4.78 is 4.97. The number of ether oxygens (including phenoxy) is 1. The van der Waals surface area contributed by atoms with Crippen LogP contribution in [0, 0.1) is 5.92 Å². The first kappa shape index (κ1) is 5.60. The molecule has 0 aromatic carbocycles. The van der Waals surface area contributed by atoms with Gasteiger partial charge in [0.2, 0.25) is 0 Å². The topological polar surface area (TPSA) is 21.6 Å². The molecule has 46 valence electrons. The van der Waals surface area contributed by atoms with Crippen LogP contribution in [0.25, 0.3) is 0 Å². The number of nitrogens with zero attached hydrogens (tertiary/aromatic N) is 1. The van der Waals surface area contributed by atoms with Gasteiger partial charge in [-0.15, -0.1) is 0 Å². The van der Waals surface area contributed by atoms with Crippen LogP contribution in [0.3, 0.4) is 0 Å². The predicted octanol–water partition coefficient (Wildman–Crippen LogP) is 1.07. The summed E-state index contributed by atoms with van der Waals surface area (Å²) in [5.74, 6) is 1.48. The van der Waals surface area contributed by atoms with Crippen LogP contribution in [0.2, 0.25) is 0 Å². The maximum absolute atomic E-state index is 4.97. The Kier molecular flexibility index (Phi) is 1.51. The lowest BCUT2D eigenvalue weighted by Crippen LogP contribution is -2.06. The minimum Gasteiger partial charge on any atom is -0.484 e. The van der Waals surface area contributed by atoms with Gasteiger partial charge in [-0.25, -0.2) is 0 Å². The number of methoxy groups -OCH3 is 1. The van der Waals surface area contributed by atoms with E-state index in [0.717, 1.165) is 18.9 Å². The largest absolute Gasteiger partial charge is 0.484 e. The van der Waals surface area contributed by atoms with Crippen molar-refractivity contribution in [2.24, 2.45) is 10.9 Å². The van der Waals surface area contributed by atoms with Crippen molar-refractivity contribution in [2.75, 3.05) is 13.7 Å². The van der Waals surface area contributed by atoms with Gasteiger partial charge in [0.05, 0.1) is 7.11 Å². The summed E-state index contributed by atoms with van der Waals surface area (Å²) in [5.41, 5.74) is 0. The first-order valence-corrected chi connectivity index (χ1v) is 2.93. The molecule has 0 radical (unpaired) electrons. The van der Waals surface area contributed by atoms with Crippen molar-refractivity contribution in [1.29, 1.82) is 0 Å². The van der Waals surface area contributed by atoms with E-state index in [2.05, 4.69) is 11.9 Å². The number of hydrogen-bond donors (Lipinski definition) is 0. The minimum absolute atomic E-state index is 0.556. The van der Waals surface area contributed by atoms with Crippen LogP contribution >= 0.6 is 0 Å². The highest BCUT2D eigenvalue weighted by atomic mass is 16.5. The molecule has 1 rings (SSSR count). The molecule has 0 bridgehead atoms. The van der Waals surface area contributed by atoms with E-state index in [-0.39, 0.29) is 0 Å². The normalized spacial score (nSPS) is 27.8. The molecular weight excluding hydrogens is 102 g/mol. The van der Waals surface area contributed by atoms with E-state index in [9.17, 15) is 0 Å². The SMILES string of the molecule is COC1=NCCC1C. The van der Waals surface area contributed by atoms with Crippen LogP contribution in [0.5, 0.6) is 0 Å². The van der Waals surface area contributed by atoms with Gasteiger partial charge < -0.3 is 4.74 Å². The minimum atomic E-state index is 0.556. The van der Waals surface area contributed by atoms with Crippen molar-refractivity contribution >= 4 is 5.90 Å². The lowest BCUT2D eigenvalue weighted by Gasteiger charge is -2.02. The molecular formula is C6H11NO. The summed E-state index contributed by atoms with van der Waals surface area (Å²) in [5, 5.41) is 0. The highest BCUT2D eigenvalue weighted by Crippen LogP contribution is 2.12. The molecule has 0 saturated heterocycles. The van der Waals surface area contributed by atoms with Crippen molar-refractivity contribution in [3.8, 4) is 0 Å². The van der Waals surface area contributed by atoms with Crippen molar-refractivity contribution in [3.05, 3.63) is 0 Å². The predicted molar refractivity (Wildman–Crippen MR) is 33.1 cm³/mol. The fourth-order valence-corrected chi connectivity index (χ4v) is 0.913. The molecule has 1 aliphatic rings. The van der Waals surface area contributed by atoms with E-state index in [1.807, 2.05) is 0 Å². The van der Waals surface area contributed by atoms with Gasteiger partial charge in [-0.1, -0.05) is 6.92 Å². The average molecular weight is 113 g/mol. The van der Waals surface area contributed by atoms with Gasteiger partial charge in [0.25, 0.3) is 0 Å². The Bertz CT molecular complexity index is 109. The van der Waals surface area contributed by atoms with Crippen molar-refractivity contribution < 1.29 is 4.74 Å². The third-order valence-corrected chi connectivity index (χ3v) is 1.46. The Hall–Kier alpha value is -0.530. The van der Waals surface area contributed by atoms with Gasteiger partial charge in [-0.05, 0) is 6.42 Å². The lowest BCUT2D eigenvalue weighted by atomic mass is 10.1. The van der Waals surface area contributed by atoms with Crippen LogP contribution in [-0.4, -0.2) is 19.6 Å². The molecule has 0 spiro atoms. The lowest BCUT2D eigenvalue weighted by molar-refractivity contribution is 0.378. The average Bonchev–Trinajstić information content (AvgIpc) is 2.14. The molecule has 2 nitrogen and oxygen atoms in total. The van der Waals surface area contributed by atoms with Crippen LogP contribution in [0.1, 0.15) is 13.3 Å². The Labute approximate surface area is 49.6 Å². The molecule has 0 fully saturated rings. The fraction of sp³-hybridized carbons (Fsp3) is 0.833. The van der Waals surface area contributed by atoms with Gasteiger partial charge in [-0.3, -0.25) is 4.99 Å². The maximum atomic E-state index is 4.97. The van der Waals surface area contributed by atoms with Crippen molar-refractivity contribution in [3.63, 3.8) is 0 Å². The van der Waals surface area contributed by atoms with Gasteiger partial charge >= 0.3 is 0 Å². The molecule has 8 heavy (non-hydrogen) atoms. The summed E-state index contributed by atoms with van der Waals surface area (Å²) in [6.45, 7) is 3.08. The second-order valence-corrected chi connectivity index (χ2v) is 2.11. The third kappa shape index (κ3) is 0.831. The van der Waals surface area contributed by atoms with Crippen molar-refractivity contribution in [1.82, 2.24) is 0 Å². The molecule has 0 amide bonds. The van der Waals surface area contributed by atoms with Crippen LogP contribution in [-0.2, 0) is 4.74 Å². The van der Waals surface area contributed by atoms with E-state index >= 15 is 0 Å². The monoisotopic (exact) mass is 113 g/mol. The summed E-state index contributed by atoms with van der Waals surface area (Å²) in [4.78, 5) is 4.13. The molecule has 0 saturated carbocycles. The van der Waals surface area contributed by atoms with Crippen LogP contribution in [0.4, 0.5) is 0 Å². The quantitative estimate of drug-likeness (QED) is 0.460. The van der Waals surface area contributed by atoms with Gasteiger partial charge in [0.1, 0.15) is 0 Å². The smallest absolute Gasteiger partial charge is 0.185 e. The number of rotatable bonds is 0. The Balaban J connectivity index is 2.49. The highest BCUT2D eigenvalue weighted by Gasteiger charge is 2.15. The summed E-state index contributed by atoms with van der Waals surface area (Å²) >= 11 is 0. The zero-order chi connectivity index (χ0) is 5.98. The van der Waals surface area contributed by atoms with E-state index in [4.69, 9.17) is 4.74 Å². The van der Waals surface area contributed by atoms with E-state index < -0.39 is 0 Å². The summed E-state index contributed by atoms with van der Waals surface area (Å²) in [6, 6.07) is 0. The fourth-order valence-electron chi connectivity index (χ4n) is 0.913. The molecule has 1 unspecified atom stereocenters. The molecule has 0 aromatic rings. The van der Waals surface area contributed by atoms with Crippen LogP contribution < -0.4 is 0 Å². The Morgan fingerprint density at radius 2 is 2.50 bits per heavy atom. The van der Waals surface area contributed by atoms with E-state index in [0.29, 0.717) is 5.92 Å². The molecule has 1 atom stereocenters. The first-order valence-electron chi connectivity index (χ1n) is 2.93. The maximum Gasteiger partial charge on any atom is 0.185 e. The standard InChI is InChI=1S/C6H11NO/c1-5-3-4-7-6(5)8-2/h5H,3-4H2,1-2H3. The molecule has 1 heterocycles. The molecule has 0 N–H and O–H groups in total. The molecule has 1 aliphatic heterocycles. The second-order valence-electron chi connectivity index (χ2n) is 2.11. The highest BCUT2D eigenvalue weighted by molar-refractivity contribution is 5.79. The summed E-state index contributed by atoms with van der Waals surface area (Å²) in [6.07, 6.45) is 1.16. The zero-order valence-electron chi connectivity index (χ0n) is 5.35. The third-order valence-electron chi connectivity index (χ3n) is 1.46. The van der Waals surface area contributed by atoms with Crippen LogP contribution in [0.15, 0.2) is 4.99 Å². The second kappa shape index (κ2) is 2.16. The number of aliphatic imine (C=N–C) groups is 1. The molecule has 2 heteroatoms. The van der Waals surface area contributed by atoms with E-state index in [1.165, 1.54) is 0 Å². The van der Waals surface area contributed by atoms with Crippen molar-refractivity contribution in [2.45, 2.75) is 13.3 Å². The zero-order valence-corrected chi connectivity index (χ0v) is 5.35. The Morgan fingerprint density at radius 1 is 1.75 bits per heavy atom. The molecule has 0 aromatic heterocycles. The first-order chi connectivity index (χ1) is 3.84. The van der Waals surface area contributed by atoms with Gasteiger partial charge in [-0.2, -0.15) is 0 Å². The number of hydrogen-bond acceptors (Lipinski definition) is 2. The Morgan fingerprint density at radius 3 is 2.75 bits per heavy atom.